The molecule has 0 N–H and O–H groups in total. The summed E-state index contributed by atoms with van der Waals surface area (Å²) in [7, 11) is -3.71. The van der Waals surface area contributed by atoms with Crippen molar-refractivity contribution in [3.05, 3.63) is 0 Å². The third kappa shape index (κ3) is 25.7. The summed E-state index contributed by atoms with van der Waals surface area (Å²) in [4.78, 5) is 0. The van der Waals surface area contributed by atoms with Crippen LogP contribution in [0.4, 0.5) is 0 Å². The molecule has 18 atom stereocenters. The van der Waals surface area contributed by atoms with E-state index >= 15 is 0 Å². The first-order valence-corrected chi connectivity index (χ1v) is 34.8. The average Bonchev–Trinajstić information content (AvgIpc) is 3.40. The highest BCUT2D eigenvalue weighted by atomic mass is 31.2. The van der Waals surface area contributed by atoms with E-state index in [4.69, 9.17) is 37.5 Å². The van der Waals surface area contributed by atoms with E-state index < -0.39 is 38.5 Å². The molecule has 2 aliphatic heterocycles. The Bertz CT molecular complexity index is 1360. The fourth-order valence-electron chi connectivity index (χ4n) is 12.7. The van der Waals surface area contributed by atoms with E-state index in [1.54, 1.807) is 6.66 Å². The van der Waals surface area contributed by atoms with Gasteiger partial charge in [0.25, 0.3) is 0 Å². The minimum Gasteiger partial charge on any atom is -0.379 e. The Hall–Kier alpha value is -0.0900. The van der Waals surface area contributed by atoms with Crippen molar-refractivity contribution in [1.82, 2.24) is 0 Å². The van der Waals surface area contributed by atoms with Gasteiger partial charge < -0.3 is 32.9 Å². The van der Waals surface area contributed by atoms with Crippen LogP contribution in [0.3, 0.4) is 0 Å². The van der Waals surface area contributed by atoms with Gasteiger partial charge in [-0.05, 0) is 67.1 Å². The highest BCUT2D eigenvalue weighted by Crippen LogP contribution is 2.52. The van der Waals surface area contributed by atoms with E-state index in [0.29, 0.717) is 43.5 Å². The Morgan fingerprint density at radius 3 is 1.08 bits per heavy atom. The second-order valence-electron chi connectivity index (χ2n) is 25.2. The lowest BCUT2D eigenvalue weighted by Gasteiger charge is -2.53. The zero-order chi connectivity index (χ0) is 55.0. The lowest BCUT2D eigenvalue weighted by Crippen LogP contribution is -2.60. The third-order valence-electron chi connectivity index (χ3n) is 19.3. The molecule has 2 heterocycles. The molecule has 1 saturated carbocycles. The van der Waals surface area contributed by atoms with Gasteiger partial charge in [0.15, 0.2) is 12.6 Å². The first-order chi connectivity index (χ1) is 36.1. The van der Waals surface area contributed by atoms with Crippen LogP contribution in [0, 0.1) is 53.3 Å². The summed E-state index contributed by atoms with van der Waals surface area (Å²) < 4.78 is 69.3. The molecule has 1 aliphatic carbocycles. The van der Waals surface area contributed by atoms with Gasteiger partial charge in [0, 0.05) is 31.7 Å². The predicted octanol–water partition coefficient (Wildman–Crippen LogP) is 19.4. The maximum Gasteiger partial charge on any atom is 0.328 e. The molecule has 3 aliphatic rings. The van der Waals surface area contributed by atoms with Crippen LogP contribution in [0.1, 0.15) is 283 Å². The van der Waals surface area contributed by atoms with Crippen LogP contribution in [0.2, 0.25) is 0 Å². The summed E-state index contributed by atoms with van der Waals surface area (Å²) in [5.74, 6) is 2.41. The maximum atomic E-state index is 15.0. The van der Waals surface area contributed by atoms with Gasteiger partial charge in [-0.1, -0.05) is 257 Å². The van der Waals surface area contributed by atoms with Crippen molar-refractivity contribution in [3.8, 4) is 0 Å². The number of ether oxygens (including phenoxy) is 6. The summed E-state index contributed by atoms with van der Waals surface area (Å²) in [5, 5.41) is 0. The summed E-state index contributed by atoms with van der Waals surface area (Å²) >= 11 is 0. The highest BCUT2D eigenvalue weighted by Gasteiger charge is 2.54. The van der Waals surface area contributed by atoms with Crippen LogP contribution in [0.15, 0.2) is 0 Å². The molecule has 10 heteroatoms. The number of hydrogen-bond acceptors (Lipinski definition) is 9. The quantitative estimate of drug-likeness (QED) is 0.0437. The summed E-state index contributed by atoms with van der Waals surface area (Å²) in [6.07, 6.45) is 36.4. The first-order valence-electron chi connectivity index (χ1n) is 32.8. The van der Waals surface area contributed by atoms with E-state index in [-0.39, 0.29) is 54.5 Å². The molecule has 446 valence electrons. The molecule has 3 rings (SSSR count). The molecule has 2 saturated heterocycles. The lowest BCUT2D eigenvalue weighted by atomic mass is 9.69. The summed E-state index contributed by atoms with van der Waals surface area (Å²) in [6, 6.07) is 0. The Kier molecular flexibility index (Phi) is 37.0. The molecule has 0 aromatic heterocycles. The third-order valence-corrected chi connectivity index (χ3v) is 20.5. The number of unbranched alkanes of at least 4 members (excludes halogenated alkanes) is 26. The molecule has 0 aromatic rings. The molecule has 8 unspecified atom stereocenters. The van der Waals surface area contributed by atoms with Gasteiger partial charge in [-0.15, -0.1) is 0 Å². The minimum atomic E-state index is -3.71. The number of rotatable bonds is 44. The summed E-state index contributed by atoms with van der Waals surface area (Å²) in [6.45, 7) is 33.1. The number of hydrogen-bond donors (Lipinski definition) is 0. The fourth-order valence-corrected chi connectivity index (χ4v) is 13.9. The molecule has 75 heavy (non-hydrogen) atoms. The molecule has 0 spiro atoms. The van der Waals surface area contributed by atoms with Crippen molar-refractivity contribution in [1.29, 1.82) is 0 Å². The van der Waals surface area contributed by atoms with Crippen LogP contribution >= 0.6 is 7.60 Å². The van der Waals surface area contributed by atoms with Gasteiger partial charge in [0.05, 0.1) is 37.6 Å². The molecular formula is C65H127O9P. The topological polar surface area (TPSA) is 90.9 Å². The van der Waals surface area contributed by atoms with Gasteiger partial charge in [-0.3, -0.25) is 9.09 Å². The van der Waals surface area contributed by atoms with Crippen molar-refractivity contribution >= 4 is 7.60 Å². The van der Waals surface area contributed by atoms with E-state index in [1.165, 1.54) is 161 Å². The molecule has 0 bridgehead atoms. The molecule has 9 nitrogen and oxygen atoms in total. The molecule has 3 fully saturated rings. The largest absolute Gasteiger partial charge is 0.379 e. The van der Waals surface area contributed by atoms with Gasteiger partial charge in [0.1, 0.15) is 12.2 Å². The van der Waals surface area contributed by atoms with Crippen molar-refractivity contribution in [2.75, 3.05) is 33.1 Å². The Morgan fingerprint density at radius 1 is 0.387 bits per heavy atom. The van der Waals surface area contributed by atoms with Crippen LogP contribution in [0.25, 0.3) is 0 Å². The first kappa shape index (κ1) is 69.2. The monoisotopic (exact) mass is 1080 g/mol. The van der Waals surface area contributed by atoms with Crippen molar-refractivity contribution in [3.63, 3.8) is 0 Å². The van der Waals surface area contributed by atoms with E-state index in [9.17, 15) is 4.57 Å². The molecule has 0 radical (unpaired) electrons. The van der Waals surface area contributed by atoms with E-state index in [1.807, 2.05) is 0 Å². The maximum absolute atomic E-state index is 15.0. The van der Waals surface area contributed by atoms with Crippen molar-refractivity contribution in [2.24, 2.45) is 53.3 Å². The van der Waals surface area contributed by atoms with Gasteiger partial charge >= 0.3 is 7.60 Å². The SMILES string of the molecule is CCCCCCCCCCCCCCCCOC[C@H](COP(C)(=O)O[C@@H]1C(O[C@H]2OC(CC)[C@@H](C)[C@H](C)C2C)C(C)[C@@H](C)[C@H](C)C1O[C@H]1OC(CC)[C@@H](C)C(C)[C@H]1C)OCCCCCCCCCCCCCCCC. The second-order valence-corrected chi connectivity index (χ2v) is 27.2. The smallest absolute Gasteiger partial charge is 0.328 e. The van der Waals surface area contributed by atoms with Crippen LogP contribution in [0.5, 0.6) is 0 Å². The Morgan fingerprint density at radius 2 is 0.720 bits per heavy atom. The zero-order valence-corrected chi connectivity index (χ0v) is 52.9. The lowest BCUT2D eigenvalue weighted by molar-refractivity contribution is -0.320. The standard InChI is InChI=1S/C65H127O9P/c1-15-19-21-23-25-27-29-31-33-35-37-39-41-43-45-67-47-58(68-46-44-42-40-38-36-34-32-30-28-26-24-22-20-16-2)48-69-75(14,66)74-63-61(72-64-56(12)49(5)52(8)59(17-3)70-64)54(10)51(7)55(11)62(63)73-65-57(13)50(6)53(9)60(18-4)71-65/h49-65H,15-48H2,1-14H3/t49-,50?,51+,52-,53-,54?,55-,56?,57+,58+,59?,60?,61?,62?,63+,64+,65+,75?/m0/s1. The van der Waals surface area contributed by atoms with Gasteiger partial charge in [-0.2, -0.15) is 0 Å². The van der Waals surface area contributed by atoms with E-state index in [2.05, 4.69) is 90.0 Å². The van der Waals surface area contributed by atoms with Gasteiger partial charge in [0.2, 0.25) is 0 Å². The van der Waals surface area contributed by atoms with Crippen LogP contribution < -0.4 is 0 Å². The minimum absolute atomic E-state index is 0.0758. The second kappa shape index (κ2) is 40.2. The van der Waals surface area contributed by atoms with Gasteiger partial charge in [-0.25, -0.2) is 0 Å². The summed E-state index contributed by atoms with van der Waals surface area (Å²) in [5.41, 5.74) is 0. The fraction of sp³-hybridized carbons (Fsp3) is 1.00. The zero-order valence-electron chi connectivity index (χ0n) is 52.0. The Labute approximate surface area is 465 Å². The van der Waals surface area contributed by atoms with Crippen LogP contribution in [-0.4, -0.2) is 82.3 Å². The molecular weight excluding hydrogens is 956 g/mol. The normalized spacial score (nSPS) is 32.7. The van der Waals surface area contributed by atoms with Crippen molar-refractivity contribution in [2.45, 2.75) is 332 Å². The van der Waals surface area contributed by atoms with Crippen LogP contribution in [-0.2, 0) is 42.0 Å². The Balaban J connectivity index is 1.66. The van der Waals surface area contributed by atoms with Crippen molar-refractivity contribution < 1.29 is 42.0 Å². The average molecular weight is 1080 g/mol. The molecule has 0 amide bonds. The molecule has 0 aromatic carbocycles. The van der Waals surface area contributed by atoms with E-state index in [0.717, 1.165) is 32.1 Å². The predicted molar refractivity (Wildman–Crippen MR) is 316 cm³/mol. The highest BCUT2D eigenvalue weighted by molar-refractivity contribution is 7.53.